The number of rotatable bonds is 1. The van der Waals surface area contributed by atoms with Crippen LogP contribution in [0.1, 0.15) is 17.4 Å². The third-order valence-corrected chi connectivity index (χ3v) is 3.35. The minimum absolute atomic E-state index is 0.565. The second-order valence-electron chi connectivity index (χ2n) is 2.91. The number of nitrogens with one attached hydrogen (secondary N) is 1. The van der Waals surface area contributed by atoms with Crippen molar-refractivity contribution in [1.82, 2.24) is 5.32 Å². The minimum atomic E-state index is 0.565. The van der Waals surface area contributed by atoms with Crippen LogP contribution in [0.2, 0.25) is 0 Å². The van der Waals surface area contributed by atoms with Crippen molar-refractivity contribution in [1.29, 1.82) is 0 Å². The quantitative estimate of drug-likeness (QED) is 0.721. The molecule has 1 aliphatic heterocycles. The van der Waals surface area contributed by atoms with Crippen molar-refractivity contribution < 1.29 is 4.42 Å². The molecule has 2 heterocycles. The van der Waals surface area contributed by atoms with E-state index in [9.17, 15) is 0 Å². The molecule has 1 saturated heterocycles. The van der Waals surface area contributed by atoms with Crippen molar-refractivity contribution >= 4 is 11.8 Å². The molecular weight excluding hydrogens is 170 g/mol. The Morgan fingerprint density at radius 2 is 2.50 bits per heavy atom. The standard InChI is InChI=1S/C9H13NOS/c1-2-8(11-6-1)9-3-4-10-5-7-12-9/h1-2,6,9-10H,3-5,7H2. The molecule has 1 aliphatic rings. The maximum atomic E-state index is 5.38. The van der Waals surface area contributed by atoms with Crippen LogP contribution in [0.3, 0.4) is 0 Å². The molecule has 1 atom stereocenters. The summed E-state index contributed by atoms with van der Waals surface area (Å²) in [6.07, 6.45) is 2.94. The van der Waals surface area contributed by atoms with Crippen molar-refractivity contribution in [2.45, 2.75) is 11.7 Å². The SMILES string of the molecule is c1coc(C2CCNCCS2)c1. The van der Waals surface area contributed by atoms with Gasteiger partial charge in [-0.1, -0.05) is 0 Å². The summed E-state index contributed by atoms with van der Waals surface area (Å²) in [4.78, 5) is 0. The van der Waals surface area contributed by atoms with Crippen LogP contribution in [0.5, 0.6) is 0 Å². The molecule has 0 aromatic carbocycles. The van der Waals surface area contributed by atoms with Gasteiger partial charge in [0.1, 0.15) is 5.76 Å². The Morgan fingerprint density at radius 3 is 3.33 bits per heavy atom. The highest BCUT2D eigenvalue weighted by Crippen LogP contribution is 2.32. The van der Waals surface area contributed by atoms with E-state index in [1.165, 1.54) is 12.2 Å². The van der Waals surface area contributed by atoms with E-state index in [0.29, 0.717) is 5.25 Å². The highest BCUT2D eigenvalue weighted by molar-refractivity contribution is 7.99. The molecule has 1 aromatic heterocycles. The monoisotopic (exact) mass is 183 g/mol. The third kappa shape index (κ3) is 1.84. The predicted molar refractivity (Wildman–Crippen MR) is 51.4 cm³/mol. The van der Waals surface area contributed by atoms with E-state index in [4.69, 9.17) is 4.42 Å². The highest BCUT2D eigenvalue weighted by atomic mass is 32.2. The molecule has 12 heavy (non-hydrogen) atoms. The van der Waals surface area contributed by atoms with Crippen LogP contribution in [0.15, 0.2) is 22.8 Å². The number of hydrogen-bond acceptors (Lipinski definition) is 3. The Morgan fingerprint density at radius 1 is 1.50 bits per heavy atom. The smallest absolute Gasteiger partial charge is 0.116 e. The first-order valence-electron chi connectivity index (χ1n) is 4.32. The summed E-state index contributed by atoms with van der Waals surface area (Å²) in [5.41, 5.74) is 0. The maximum absolute atomic E-state index is 5.38. The molecule has 0 amide bonds. The fourth-order valence-electron chi connectivity index (χ4n) is 1.41. The summed E-state index contributed by atoms with van der Waals surface area (Å²) in [6.45, 7) is 2.24. The summed E-state index contributed by atoms with van der Waals surface area (Å²) in [7, 11) is 0. The average molecular weight is 183 g/mol. The van der Waals surface area contributed by atoms with Crippen molar-refractivity contribution in [3.8, 4) is 0 Å². The lowest BCUT2D eigenvalue weighted by Gasteiger charge is -2.08. The van der Waals surface area contributed by atoms with E-state index >= 15 is 0 Å². The first kappa shape index (κ1) is 8.20. The van der Waals surface area contributed by atoms with Gasteiger partial charge in [0.2, 0.25) is 0 Å². The van der Waals surface area contributed by atoms with Gasteiger partial charge >= 0.3 is 0 Å². The lowest BCUT2D eigenvalue weighted by Crippen LogP contribution is -2.15. The molecule has 0 saturated carbocycles. The van der Waals surface area contributed by atoms with Crippen LogP contribution >= 0.6 is 11.8 Å². The Labute approximate surface area is 76.7 Å². The minimum Gasteiger partial charge on any atom is -0.468 e. The third-order valence-electron chi connectivity index (χ3n) is 2.04. The number of furan rings is 1. The summed E-state index contributed by atoms with van der Waals surface area (Å²) in [5.74, 6) is 2.31. The van der Waals surface area contributed by atoms with E-state index in [-0.39, 0.29) is 0 Å². The summed E-state index contributed by atoms with van der Waals surface area (Å²) < 4.78 is 5.38. The molecular formula is C9H13NOS. The Bertz CT molecular complexity index is 214. The molecule has 2 rings (SSSR count). The van der Waals surface area contributed by atoms with E-state index in [2.05, 4.69) is 11.4 Å². The Hall–Kier alpha value is -0.410. The zero-order valence-corrected chi connectivity index (χ0v) is 7.77. The van der Waals surface area contributed by atoms with Crippen molar-refractivity contribution in [3.63, 3.8) is 0 Å². The molecule has 0 spiro atoms. The Kier molecular flexibility index (Phi) is 2.74. The van der Waals surface area contributed by atoms with Gasteiger partial charge in [-0.3, -0.25) is 0 Å². The molecule has 0 radical (unpaired) electrons. The van der Waals surface area contributed by atoms with Gasteiger partial charge in [0.15, 0.2) is 0 Å². The topological polar surface area (TPSA) is 25.2 Å². The summed E-state index contributed by atoms with van der Waals surface area (Å²) >= 11 is 1.99. The van der Waals surface area contributed by atoms with Crippen molar-refractivity contribution in [3.05, 3.63) is 24.2 Å². The van der Waals surface area contributed by atoms with Gasteiger partial charge in [-0.2, -0.15) is 0 Å². The van der Waals surface area contributed by atoms with Gasteiger partial charge < -0.3 is 9.73 Å². The molecule has 0 bridgehead atoms. The fourth-order valence-corrected chi connectivity index (χ4v) is 2.54. The second-order valence-corrected chi connectivity index (χ2v) is 4.22. The molecule has 1 aromatic rings. The van der Waals surface area contributed by atoms with Gasteiger partial charge in [-0.15, -0.1) is 11.8 Å². The second kappa shape index (κ2) is 4.01. The van der Waals surface area contributed by atoms with Gasteiger partial charge in [0.05, 0.1) is 11.5 Å². The predicted octanol–water partition coefficient (Wildman–Crippen LogP) is 2.05. The van der Waals surface area contributed by atoms with Crippen LogP contribution in [-0.2, 0) is 0 Å². The molecule has 1 N–H and O–H groups in total. The number of thioether (sulfide) groups is 1. The first-order valence-corrected chi connectivity index (χ1v) is 5.37. The summed E-state index contributed by atoms with van der Waals surface area (Å²) in [5, 5.41) is 3.94. The van der Waals surface area contributed by atoms with E-state index in [1.54, 1.807) is 6.26 Å². The van der Waals surface area contributed by atoms with E-state index in [1.807, 2.05) is 17.8 Å². The van der Waals surface area contributed by atoms with Crippen molar-refractivity contribution in [2.24, 2.45) is 0 Å². The van der Waals surface area contributed by atoms with Gasteiger partial charge in [0.25, 0.3) is 0 Å². The molecule has 66 valence electrons. The van der Waals surface area contributed by atoms with Crippen molar-refractivity contribution in [2.75, 3.05) is 18.8 Å². The van der Waals surface area contributed by atoms with Gasteiger partial charge in [0, 0.05) is 12.3 Å². The molecule has 0 aliphatic carbocycles. The van der Waals surface area contributed by atoms with Crippen LogP contribution in [0.4, 0.5) is 0 Å². The van der Waals surface area contributed by atoms with Crippen LogP contribution in [-0.4, -0.2) is 18.8 Å². The molecule has 3 heteroatoms. The first-order chi connectivity index (χ1) is 5.97. The molecule has 2 nitrogen and oxygen atoms in total. The average Bonchev–Trinajstić information content (AvgIpc) is 2.48. The maximum Gasteiger partial charge on any atom is 0.116 e. The lowest BCUT2D eigenvalue weighted by molar-refractivity contribution is 0.495. The van der Waals surface area contributed by atoms with Crippen LogP contribution in [0, 0.1) is 0 Å². The van der Waals surface area contributed by atoms with Crippen LogP contribution in [0.25, 0.3) is 0 Å². The lowest BCUT2D eigenvalue weighted by atomic mass is 10.2. The number of hydrogen-bond donors (Lipinski definition) is 1. The fraction of sp³-hybridized carbons (Fsp3) is 0.556. The summed E-state index contributed by atoms with van der Waals surface area (Å²) in [6, 6.07) is 4.04. The normalized spacial score (nSPS) is 25.2. The molecule has 1 fully saturated rings. The molecule has 1 unspecified atom stereocenters. The van der Waals surface area contributed by atoms with Gasteiger partial charge in [-0.05, 0) is 25.1 Å². The highest BCUT2D eigenvalue weighted by Gasteiger charge is 2.16. The Balaban J connectivity index is 2.02. The van der Waals surface area contributed by atoms with E-state index < -0.39 is 0 Å². The zero-order valence-electron chi connectivity index (χ0n) is 6.95. The van der Waals surface area contributed by atoms with E-state index in [0.717, 1.165) is 18.8 Å². The van der Waals surface area contributed by atoms with Crippen LogP contribution < -0.4 is 5.32 Å². The van der Waals surface area contributed by atoms with Gasteiger partial charge in [-0.25, -0.2) is 0 Å². The largest absolute Gasteiger partial charge is 0.468 e. The zero-order chi connectivity index (χ0) is 8.23.